The largest absolute Gasteiger partial charge is 0.381 e. The van der Waals surface area contributed by atoms with Gasteiger partial charge in [-0.25, -0.2) is 13.7 Å². The molecule has 1 rings (SSSR count). The topological polar surface area (TPSA) is 62.2 Å². The molecule has 3 unspecified atom stereocenters. The van der Waals surface area contributed by atoms with Gasteiger partial charge in [0.05, 0.1) is 6.10 Å². The molecule has 2 N–H and O–H groups in total. The summed E-state index contributed by atoms with van der Waals surface area (Å²) in [5.41, 5.74) is -0.0194. The first-order valence-electron chi connectivity index (χ1n) is 4.31. The van der Waals surface area contributed by atoms with Crippen LogP contribution >= 0.6 is 0 Å². The van der Waals surface area contributed by atoms with Crippen molar-refractivity contribution in [1.29, 1.82) is 4.78 Å². The fourth-order valence-electron chi connectivity index (χ4n) is 1.76. The second kappa shape index (κ2) is 3.22. The molecule has 0 aliphatic heterocycles. The lowest BCUT2D eigenvalue weighted by atomic mass is 9.65. The maximum Gasteiger partial charge on any atom is 0.102 e. The fourth-order valence-corrected chi connectivity index (χ4v) is 2.70. The van der Waals surface area contributed by atoms with Crippen LogP contribution in [-0.2, 0) is 14.7 Å². The van der Waals surface area contributed by atoms with Gasteiger partial charge in [0.2, 0.25) is 0 Å². The molecule has 0 saturated heterocycles. The Balaban J connectivity index is 2.59. The first-order valence-corrected chi connectivity index (χ1v) is 6.28. The zero-order valence-electron chi connectivity index (χ0n) is 8.59. The van der Waals surface area contributed by atoms with E-state index in [9.17, 15) is 4.21 Å². The summed E-state index contributed by atoms with van der Waals surface area (Å²) in [6.07, 6.45) is 2.46. The highest BCUT2D eigenvalue weighted by Gasteiger charge is 2.49. The smallest absolute Gasteiger partial charge is 0.102 e. The van der Waals surface area contributed by atoms with Gasteiger partial charge in [0.1, 0.15) is 9.92 Å². The van der Waals surface area contributed by atoms with Gasteiger partial charge in [0.15, 0.2) is 0 Å². The van der Waals surface area contributed by atoms with Gasteiger partial charge in [0, 0.05) is 24.8 Å². The zero-order valence-corrected chi connectivity index (χ0v) is 9.40. The number of ether oxygens (including phenoxy) is 1. The number of methoxy groups -OCH3 is 1. The Hall–Kier alpha value is -0.130. The summed E-state index contributed by atoms with van der Waals surface area (Å²) in [4.78, 5) is 0. The summed E-state index contributed by atoms with van der Waals surface area (Å²) in [7, 11) is -0.905. The molecule has 0 aromatic carbocycles. The molecule has 1 fully saturated rings. The minimum atomic E-state index is -2.59. The second-order valence-corrected chi connectivity index (χ2v) is 6.22. The SMILES string of the molecule is COC1CC(NS(C)(=N)=O)C1(C)C. The Labute approximate surface area is 80.2 Å². The summed E-state index contributed by atoms with van der Waals surface area (Å²) < 4.78 is 26.5. The van der Waals surface area contributed by atoms with E-state index < -0.39 is 9.92 Å². The van der Waals surface area contributed by atoms with Crippen LogP contribution < -0.4 is 4.72 Å². The van der Waals surface area contributed by atoms with Gasteiger partial charge in [0.25, 0.3) is 0 Å². The molecule has 0 spiro atoms. The van der Waals surface area contributed by atoms with Crippen molar-refractivity contribution in [3.8, 4) is 0 Å². The Kier molecular flexibility index (Phi) is 2.71. The van der Waals surface area contributed by atoms with E-state index in [4.69, 9.17) is 9.52 Å². The Morgan fingerprint density at radius 3 is 2.46 bits per heavy atom. The third-order valence-corrected chi connectivity index (χ3v) is 3.56. The zero-order chi connectivity index (χ0) is 10.3. The minimum absolute atomic E-state index is 0.0194. The standard InChI is InChI=1S/C8H18N2O2S/c1-8(2)6(5-7(8)12-3)10-13(4,9)11/h6-7H,5H2,1-4H3,(H2,9,10,11). The molecule has 0 aromatic heterocycles. The van der Waals surface area contributed by atoms with Crippen LogP contribution in [0.2, 0.25) is 0 Å². The molecule has 0 radical (unpaired) electrons. The molecule has 1 saturated carbocycles. The summed E-state index contributed by atoms with van der Waals surface area (Å²) in [5.74, 6) is 0. The van der Waals surface area contributed by atoms with Crippen LogP contribution in [0.5, 0.6) is 0 Å². The molecule has 1 aliphatic rings. The number of rotatable bonds is 3. The van der Waals surface area contributed by atoms with E-state index in [0.717, 1.165) is 6.42 Å². The highest BCUT2D eigenvalue weighted by Crippen LogP contribution is 2.42. The van der Waals surface area contributed by atoms with Crippen molar-refractivity contribution in [2.24, 2.45) is 5.41 Å². The van der Waals surface area contributed by atoms with E-state index in [1.165, 1.54) is 6.26 Å². The van der Waals surface area contributed by atoms with Crippen molar-refractivity contribution in [3.05, 3.63) is 0 Å². The monoisotopic (exact) mass is 206 g/mol. The molecule has 0 heterocycles. The molecule has 5 heteroatoms. The number of nitrogens with one attached hydrogen (secondary N) is 2. The Bertz CT molecular complexity index is 285. The lowest BCUT2D eigenvalue weighted by Gasteiger charge is -2.51. The summed E-state index contributed by atoms with van der Waals surface area (Å²) in [6.45, 7) is 4.13. The normalized spacial score (nSPS) is 36.3. The van der Waals surface area contributed by atoms with E-state index >= 15 is 0 Å². The molecule has 4 nitrogen and oxygen atoms in total. The minimum Gasteiger partial charge on any atom is -0.381 e. The molecule has 1 aliphatic carbocycles. The van der Waals surface area contributed by atoms with Gasteiger partial charge in [-0.1, -0.05) is 13.8 Å². The number of hydrogen-bond acceptors (Lipinski definition) is 3. The van der Waals surface area contributed by atoms with Gasteiger partial charge < -0.3 is 4.74 Å². The third-order valence-electron chi connectivity index (χ3n) is 2.83. The van der Waals surface area contributed by atoms with Crippen molar-refractivity contribution in [3.63, 3.8) is 0 Å². The van der Waals surface area contributed by atoms with Gasteiger partial charge in [-0.3, -0.25) is 0 Å². The molecular weight excluding hydrogens is 188 g/mol. The van der Waals surface area contributed by atoms with Crippen LogP contribution in [-0.4, -0.2) is 29.7 Å². The predicted molar refractivity (Wildman–Crippen MR) is 52.9 cm³/mol. The van der Waals surface area contributed by atoms with Crippen molar-refractivity contribution in [2.75, 3.05) is 13.4 Å². The van der Waals surface area contributed by atoms with Crippen molar-refractivity contribution >= 4 is 9.92 Å². The lowest BCUT2D eigenvalue weighted by Crippen LogP contribution is -2.61. The Morgan fingerprint density at radius 2 is 2.15 bits per heavy atom. The van der Waals surface area contributed by atoms with Crippen molar-refractivity contribution < 1.29 is 8.95 Å². The van der Waals surface area contributed by atoms with Gasteiger partial charge in [-0.2, -0.15) is 0 Å². The van der Waals surface area contributed by atoms with E-state index in [-0.39, 0.29) is 17.6 Å². The molecule has 0 bridgehead atoms. The quantitative estimate of drug-likeness (QED) is 0.723. The molecule has 78 valence electrons. The van der Waals surface area contributed by atoms with Crippen LogP contribution in [0.3, 0.4) is 0 Å². The van der Waals surface area contributed by atoms with Crippen LogP contribution in [0.4, 0.5) is 0 Å². The first kappa shape index (κ1) is 10.9. The number of hydrogen-bond donors (Lipinski definition) is 2. The van der Waals surface area contributed by atoms with Crippen LogP contribution in [0, 0.1) is 10.2 Å². The lowest BCUT2D eigenvalue weighted by molar-refractivity contribution is -0.0906. The van der Waals surface area contributed by atoms with Crippen molar-refractivity contribution in [1.82, 2.24) is 4.72 Å². The maximum absolute atomic E-state index is 11.2. The van der Waals surface area contributed by atoms with Gasteiger partial charge in [-0.05, 0) is 6.42 Å². The van der Waals surface area contributed by atoms with Crippen LogP contribution in [0.15, 0.2) is 0 Å². The van der Waals surface area contributed by atoms with Crippen LogP contribution in [0.25, 0.3) is 0 Å². The van der Waals surface area contributed by atoms with E-state index in [2.05, 4.69) is 18.6 Å². The fraction of sp³-hybridized carbons (Fsp3) is 1.00. The molecule has 0 aromatic rings. The Morgan fingerprint density at radius 1 is 1.62 bits per heavy atom. The summed E-state index contributed by atoms with van der Waals surface area (Å²) in [6, 6.07) is 0.132. The summed E-state index contributed by atoms with van der Waals surface area (Å²) >= 11 is 0. The average molecular weight is 206 g/mol. The highest BCUT2D eigenvalue weighted by atomic mass is 32.2. The third kappa shape index (κ3) is 2.21. The summed E-state index contributed by atoms with van der Waals surface area (Å²) in [5, 5.41) is 0. The molecular formula is C8H18N2O2S. The van der Waals surface area contributed by atoms with Crippen molar-refractivity contribution in [2.45, 2.75) is 32.4 Å². The molecule has 3 atom stereocenters. The molecule has 13 heavy (non-hydrogen) atoms. The van der Waals surface area contributed by atoms with E-state index in [0.29, 0.717) is 0 Å². The highest BCUT2D eigenvalue weighted by molar-refractivity contribution is 7.89. The van der Waals surface area contributed by atoms with Gasteiger partial charge in [-0.15, -0.1) is 0 Å². The first-order chi connectivity index (χ1) is 5.77. The second-order valence-electron chi connectivity index (χ2n) is 4.30. The predicted octanol–water partition coefficient (Wildman–Crippen LogP) is 0.981. The van der Waals surface area contributed by atoms with E-state index in [1.807, 2.05) is 0 Å². The van der Waals surface area contributed by atoms with E-state index in [1.54, 1.807) is 7.11 Å². The maximum atomic E-state index is 11.2. The molecule has 0 amide bonds. The average Bonchev–Trinajstić information content (AvgIpc) is 1.95. The van der Waals surface area contributed by atoms with Gasteiger partial charge >= 0.3 is 0 Å². The van der Waals surface area contributed by atoms with Crippen LogP contribution in [0.1, 0.15) is 20.3 Å².